The molecule has 0 fully saturated rings. The van der Waals surface area contributed by atoms with Crippen LogP contribution in [0.2, 0.25) is 0 Å². The number of nitrogens with zero attached hydrogens (tertiary/aromatic N) is 3. The van der Waals surface area contributed by atoms with Crippen LogP contribution in [-0.2, 0) is 62.1 Å². The summed E-state index contributed by atoms with van der Waals surface area (Å²) in [5.74, 6) is -1.64. The van der Waals surface area contributed by atoms with Crippen LogP contribution in [0, 0.1) is 5.82 Å². The molecule has 11 nitrogen and oxygen atoms in total. The fourth-order valence-corrected chi connectivity index (χ4v) is 11.8. The van der Waals surface area contributed by atoms with Crippen molar-refractivity contribution in [1.82, 2.24) is 24.2 Å². The number of halogens is 1. The van der Waals surface area contributed by atoms with Crippen molar-refractivity contribution in [3.05, 3.63) is 184 Å². The highest BCUT2D eigenvalue weighted by Crippen LogP contribution is 2.37. The summed E-state index contributed by atoms with van der Waals surface area (Å²) >= 11 is 0. The molecule has 0 saturated heterocycles. The maximum Gasteiger partial charge on any atom is 0.264 e. The minimum atomic E-state index is -4.19. The molecular weight excluding hydrogens is 982 g/mol. The number of sulfonamides is 2. The van der Waals surface area contributed by atoms with E-state index in [2.05, 4.69) is 72.5 Å². The van der Waals surface area contributed by atoms with Gasteiger partial charge in [0.15, 0.2) is 0 Å². The predicted octanol–water partition coefficient (Wildman–Crippen LogP) is 12.0. The Balaban J connectivity index is 0.999. The predicted molar refractivity (Wildman–Crippen MR) is 299 cm³/mol. The first-order valence-electron chi connectivity index (χ1n) is 25.5. The summed E-state index contributed by atoms with van der Waals surface area (Å²) in [5, 5.41) is 2.13. The summed E-state index contributed by atoms with van der Waals surface area (Å²) in [5.41, 5.74) is 10.8. The van der Waals surface area contributed by atoms with Crippen LogP contribution in [0.25, 0.3) is 33.0 Å². The Morgan fingerprint density at radius 1 is 0.507 bits per heavy atom. The zero-order chi connectivity index (χ0) is 54.5. The Bertz CT molecular complexity index is 3390. The number of carbonyl (C=O) groups excluding carboxylic acids is 2. The number of aromatic nitrogens is 1. The molecule has 14 heteroatoms. The molecule has 2 amide bonds. The van der Waals surface area contributed by atoms with E-state index in [0.29, 0.717) is 30.8 Å². The lowest BCUT2D eigenvalue weighted by Gasteiger charge is -2.22. The van der Waals surface area contributed by atoms with Gasteiger partial charge in [0.25, 0.3) is 20.0 Å². The van der Waals surface area contributed by atoms with Crippen LogP contribution in [0.1, 0.15) is 129 Å². The van der Waals surface area contributed by atoms with Crippen LogP contribution in [0.3, 0.4) is 0 Å². The van der Waals surface area contributed by atoms with E-state index in [9.17, 15) is 26.4 Å². The quantitative estimate of drug-likeness (QED) is 0.0762. The molecule has 0 radical (unpaired) electrons. The Labute approximate surface area is 443 Å². The number of amides is 2. The second-order valence-corrected chi connectivity index (χ2v) is 24.6. The Morgan fingerprint density at radius 2 is 0.947 bits per heavy atom. The van der Waals surface area contributed by atoms with Crippen molar-refractivity contribution in [3.8, 4) is 22.3 Å². The summed E-state index contributed by atoms with van der Waals surface area (Å²) in [6.45, 7) is 17.8. The molecule has 394 valence electrons. The minimum Gasteiger partial charge on any atom is -0.305 e. The molecule has 0 aliphatic heterocycles. The van der Waals surface area contributed by atoms with Crippen molar-refractivity contribution in [2.45, 2.75) is 121 Å². The highest BCUT2D eigenvalue weighted by Gasteiger charge is 2.26. The second kappa shape index (κ2) is 23.5. The average Bonchev–Trinajstić information content (AvgIpc) is 3.33. The van der Waals surface area contributed by atoms with Crippen LogP contribution in [0.4, 0.5) is 4.39 Å². The van der Waals surface area contributed by atoms with Crippen molar-refractivity contribution in [1.29, 1.82) is 0 Å². The number of fused-ring (bicyclic) bond motifs is 1. The van der Waals surface area contributed by atoms with Gasteiger partial charge < -0.3 is 4.90 Å². The van der Waals surface area contributed by atoms with Gasteiger partial charge in [-0.3, -0.25) is 19.5 Å². The van der Waals surface area contributed by atoms with E-state index >= 15 is 4.39 Å². The molecule has 7 rings (SSSR count). The fourth-order valence-electron chi connectivity index (χ4n) is 9.79. The number of rotatable bonds is 20. The van der Waals surface area contributed by atoms with E-state index in [0.717, 1.165) is 72.0 Å². The average molecular weight is 1050 g/mol. The van der Waals surface area contributed by atoms with Gasteiger partial charge in [-0.1, -0.05) is 128 Å². The number of carbonyl (C=O) groups is 2. The van der Waals surface area contributed by atoms with Gasteiger partial charge in [0.1, 0.15) is 5.82 Å². The minimum absolute atomic E-state index is 0.00381. The molecule has 2 N–H and O–H groups in total. The van der Waals surface area contributed by atoms with Gasteiger partial charge in [0, 0.05) is 43.0 Å². The molecule has 0 atom stereocenters. The zero-order valence-electron chi connectivity index (χ0n) is 45.0. The van der Waals surface area contributed by atoms with Crippen LogP contribution < -0.4 is 9.44 Å². The van der Waals surface area contributed by atoms with E-state index < -0.39 is 37.7 Å². The molecule has 0 aliphatic carbocycles. The molecule has 6 aromatic carbocycles. The normalized spacial score (nSPS) is 12.2. The van der Waals surface area contributed by atoms with E-state index in [1.54, 1.807) is 36.5 Å². The van der Waals surface area contributed by atoms with Gasteiger partial charge >= 0.3 is 0 Å². The van der Waals surface area contributed by atoms with E-state index in [4.69, 9.17) is 0 Å². The van der Waals surface area contributed by atoms with Crippen LogP contribution in [-0.4, -0.2) is 64.6 Å². The first-order chi connectivity index (χ1) is 35.4. The van der Waals surface area contributed by atoms with E-state index in [-0.39, 0.29) is 46.3 Å². The fraction of sp³-hybridized carbons (Fsp3) is 0.328. The SMILES string of the molecule is CC(C)c1cc(-c2ccc3ccncc3c2)cc(C(C)C)c1CC(=O)NS(=O)(=O)c1ccc(CN(C)Cc2ccc(-c3cc(C(C)C)c(CC(=O)NS(=O)(=O)c4ccc(CN(C)C)cc4)c(C(C)C)c3)c(F)c2)cc1. The molecule has 7 aromatic rings. The third kappa shape index (κ3) is 13.8. The Hall–Kier alpha value is -6.58. The maximum atomic E-state index is 16.2. The molecule has 0 unspecified atom stereocenters. The summed E-state index contributed by atoms with van der Waals surface area (Å²) in [6, 6.07) is 34.3. The molecule has 1 aromatic heterocycles. The third-order valence-electron chi connectivity index (χ3n) is 13.5. The number of hydrogen-bond acceptors (Lipinski definition) is 9. The number of pyridine rings is 1. The molecule has 0 spiro atoms. The molecule has 0 saturated carbocycles. The van der Waals surface area contributed by atoms with Gasteiger partial charge in [0.05, 0.1) is 22.6 Å². The smallest absolute Gasteiger partial charge is 0.264 e. The van der Waals surface area contributed by atoms with Crippen molar-refractivity contribution in [3.63, 3.8) is 0 Å². The highest BCUT2D eigenvalue weighted by molar-refractivity contribution is 7.90. The summed E-state index contributed by atoms with van der Waals surface area (Å²) in [6.07, 6.45) is 3.36. The topological polar surface area (TPSA) is 146 Å². The van der Waals surface area contributed by atoms with Crippen molar-refractivity contribution in [2.75, 3.05) is 21.1 Å². The summed E-state index contributed by atoms with van der Waals surface area (Å²) < 4.78 is 74.5. The van der Waals surface area contributed by atoms with Gasteiger partial charge in [-0.2, -0.15) is 0 Å². The second-order valence-electron chi connectivity index (χ2n) is 21.2. The monoisotopic (exact) mass is 1050 g/mol. The number of hydrogen-bond donors (Lipinski definition) is 2. The lowest BCUT2D eigenvalue weighted by Crippen LogP contribution is -2.32. The highest BCUT2D eigenvalue weighted by atomic mass is 32.2. The summed E-state index contributed by atoms with van der Waals surface area (Å²) in [7, 11) is -2.56. The van der Waals surface area contributed by atoms with Gasteiger partial charge in [0.2, 0.25) is 11.8 Å². The Kier molecular flexibility index (Phi) is 17.6. The first-order valence-corrected chi connectivity index (χ1v) is 28.4. The lowest BCUT2D eigenvalue weighted by molar-refractivity contribution is -0.119. The van der Waals surface area contributed by atoms with Crippen LogP contribution in [0.5, 0.6) is 0 Å². The maximum absolute atomic E-state index is 16.2. The Morgan fingerprint density at radius 3 is 1.40 bits per heavy atom. The van der Waals surface area contributed by atoms with Gasteiger partial charge in [-0.15, -0.1) is 0 Å². The standard InChI is InChI=1S/C61H70FN5O6S2/c1-38(2)53-28-47(46-18-17-45-24-25-63-34-49(45)27-46)29-54(39(3)4)57(53)32-60(68)64-75(72,73)51-21-14-43(15-22-51)36-67(11)37-44-16-23-52(59(62)26-44)48-30-55(40(5)6)58(56(31-48)41(7)8)33-61(69)65-74(70,71)50-19-12-42(13-20-50)35-66(9)10/h12-31,34,38-41H,32-33,35-37H2,1-11H3,(H,64,68)(H,65,69). The largest absolute Gasteiger partial charge is 0.305 e. The third-order valence-corrected chi connectivity index (χ3v) is 16.3. The van der Waals surface area contributed by atoms with Gasteiger partial charge in [-0.25, -0.2) is 30.7 Å². The first kappa shape index (κ1) is 56.2. The van der Waals surface area contributed by atoms with Crippen molar-refractivity contribution < 1.29 is 30.8 Å². The molecular formula is C61H70FN5O6S2. The van der Waals surface area contributed by atoms with E-state index in [1.807, 2.05) is 89.1 Å². The zero-order valence-corrected chi connectivity index (χ0v) is 46.6. The molecule has 75 heavy (non-hydrogen) atoms. The van der Waals surface area contributed by atoms with Crippen molar-refractivity contribution in [2.24, 2.45) is 0 Å². The molecule has 0 aliphatic rings. The lowest BCUT2D eigenvalue weighted by atomic mass is 9.84. The number of nitrogens with one attached hydrogen (secondary N) is 2. The van der Waals surface area contributed by atoms with Crippen LogP contribution in [0.15, 0.2) is 137 Å². The summed E-state index contributed by atoms with van der Waals surface area (Å²) in [4.78, 5) is 35.3. The van der Waals surface area contributed by atoms with Crippen molar-refractivity contribution >= 4 is 42.6 Å². The van der Waals surface area contributed by atoms with Gasteiger partial charge in [-0.05, 0) is 159 Å². The van der Waals surface area contributed by atoms with E-state index in [1.165, 1.54) is 30.3 Å². The number of benzene rings is 6. The molecule has 0 bridgehead atoms. The van der Waals surface area contributed by atoms with Crippen LogP contribution >= 0.6 is 0 Å². The molecule has 1 heterocycles.